The first-order chi connectivity index (χ1) is 8.00. The number of ketones is 1. The molecule has 0 aliphatic rings. The quantitative estimate of drug-likeness (QED) is 0.791. The molecule has 1 aromatic heterocycles. The summed E-state index contributed by atoms with van der Waals surface area (Å²) in [6, 6.07) is 6.52. The van der Waals surface area contributed by atoms with Crippen molar-refractivity contribution in [2.75, 3.05) is 0 Å². The van der Waals surface area contributed by atoms with Gasteiger partial charge in [0.25, 0.3) is 0 Å². The van der Waals surface area contributed by atoms with Gasteiger partial charge in [-0.2, -0.15) is 0 Å². The Morgan fingerprint density at radius 3 is 2.65 bits per heavy atom. The molecule has 0 atom stereocenters. The molecule has 2 heteroatoms. The zero-order valence-corrected chi connectivity index (χ0v) is 11.0. The fourth-order valence-corrected chi connectivity index (χ4v) is 2.38. The summed E-state index contributed by atoms with van der Waals surface area (Å²) in [5.41, 5.74) is 5.12. The highest BCUT2D eigenvalue weighted by Gasteiger charge is 2.12. The fourth-order valence-electron chi connectivity index (χ4n) is 2.38. The molecule has 1 aromatic carbocycles. The SMILES string of the molecule is CC(=O)CCc1c(C)n(C)c2ccc(C)cc12. The lowest BCUT2D eigenvalue weighted by Gasteiger charge is -2.00. The van der Waals surface area contributed by atoms with Gasteiger partial charge in [-0.1, -0.05) is 11.6 Å². The molecule has 0 saturated heterocycles. The molecule has 90 valence electrons. The number of carbonyl (C=O) groups excluding carboxylic acids is 1. The molecule has 0 amide bonds. The smallest absolute Gasteiger partial charge is 0.130 e. The van der Waals surface area contributed by atoms with Gasteiger partial charge < -0.3 is 9.36 Å². The van der Waals surface area contributed by atoms with Crippen LogP contribution in [0, 0.1) is 13.8 Å². The van der Waals surface area contributed by atoms with Crippen molar-refractivity contribution in [2.45, 2.75) is 33.6 Å². The molecule has 17 heavy (non-hydrogen) atoms. The molecule has 1 heterocycles. The van der Waals surface area contributed by atoms with Gasteiger partial charge in [-0.3, -0.25) is 0 Å². The Kier molecular flexibility index (Phi) is 3.05. The third-order valence-electron chi connectivity index (χ3n) is 3.51. The van der Waals surface area contributed by atoms with Gasteiger partial charge in [0, 0.05) is 30.1 Å². The Bertz CT molecular complexity index is 578. The molecule has 0 fully saturated rings. The van der Waals surface area contributed by atoms with E-state index in [1.807, 2.05) is 0 Å². The average Bonchev–Trinajstić information content (AvgIpc) is 2.49. The van der Waals surface area contributed by atoms with E-state index < -0.39 is 0 Å². The summed E-state index contributed by atoms with van der Waals surface area (Å²) in [4.78, 5) is 11.1. The van der Waals surface area contributed by atoms with Crippen molar-refractivity contribution in [2.24, 2.45) is 7.05 Å². The van der Waals surface area contributed by atoms with Gasteiger partial charge in [0.1, 0.15) is 5.78 Å². The maximum absolute atomic E-state index is 11.1. The maximum Gasteiger partial charge on any atom is 0.130 e. The van der Waals surface area contributed by atoms with E-state index in [0.717, 1.165) is 6.42 Å². The Morgan fingerprint density at radius 1 is 1.29 bits per heavy atom. The number of carbonyl (C=O) groups is 1. The standard InChI is InChI=1S/C15H19NO/c1-10-5-8-15-14(9-10)13(7-6-11(2)17)12(3)16(15)4/h5,8-9H,6-7H2,1-4H3. The zero-order chi connectivity index (χ0) is 12.6. The van der Waals surface area contributed by atoms with E-state index >= 15 is 0 Å². The summed E-state index contributed by atoms with van der Waals surface area (Å²) in [5, 5.41) is 1.30. The van der Waals surface area contributed by atoms with Crippen molar-refractivity contribution in [1.82, 2.24) is 4.57 Å². The molecule has 0 radical (unpaired) electrons. The number of rotatable bonds is 3. The van der Waals surface area contributed by atoms with Crippen LogP contribution < -0.4 is 0 Å². The molecule has 0 N–H and O–H groups in total. The van der Waals surface area contributed by atoms with Crippen LogP contribution in [0.25, 0.3) is 10.9 Å². The molecule has 0 bridgehead atoms. The summed E-state index contributed by atoms with van der Waals surface area (Å²) in [6.07, 6.45) is 1.48. The van der Waals surface area contributed by atoms with Crippen LogP contribution in [-0.2, 0) is 18.3 Å². The van der Waals surface area contributed by atoms with Crippen LogP contribution in [0.4, 0.5) is 0 Å². The third-order valence-corrected chi connectivity index (χ3v) is 3.51. The summed E-state index contributed by atoms with van der Waals surface area (Å²) < 4.78 is 2.21. The minimum Gasteiger partial charge on any atom is -0.348 e. The fraction of sp³-hybridized carbons (Fsp3) is 0.400. The first-order valence-electron chi connectivity index (χ1n) is 6.04. The highest BCUT2D eigenvalue weighted by atomic mass is 16.1. The lowest BCUT2D eigenvalue weighted by atomic mass is 10.0. The second kappa shape index (κ2) is 4.36. The van der Waals surface area contributed by atoms with E-state index in [-0.39, 0.29) is 5.78 Å². The lowest BCUT2D eigenvalue weighted by Crippen LogP contribution is -1.96. The van der Waals surface area contributed by atoms with Crippen LogP contribution in [0.15, 0.2) is 18.2 Å². The van der Waals surface area contributed by atoms with Crippen molar-refractivity contribution < 1.29 is 4.79 Å². The summed E-state index contributed by atoms with van der Waals surface area (Å²) in [7, 11) is 2.09. The van der Waals surface area contributed by atoms with Gasteiger partial charge in [-0.15, -0.1) is 0 Å². The van der Waals surface area contributed by atoms with Crippen LogP contribution >= 0.6 is 0 Å². The molecule has 0 aliphatic heterocycles. The molecule has 2 rings (SSSR count). The van der Waals surface area contributed by atoms with E-state index in [2.05, 4.69) is 43.7 Å². The van der Waals surface area contributed by atoms with Gasteiger partial charge in [-0.05, 0) is 44.9 Å². The molecule has 0 unspecified atom stereocenters. The molecule has 2 nitrogen and oxygen atoms in total. The Hall–Kier alpha value is -1.57. The van der Waals surface area contributed by atoms with Gasteiger partial charge in [0.2, 0.25) is 0 Å². The van der Waals surface area contributed by atoms with E-state index in [4.69, 9.17) is 0 Å². The third kappa shape index (κ3) is 2.12. The van der Waals surface area contributed by atoms with Gasteiger partial charge in [0.15, 0.2) is 0 Å². The highest BCUT2D eigenvalue weighted by Crippen LogP contribution is 2.27. The van der Waals surface area contributed by atoms with Crippen LogP contribution in [0.3, 0.4) is 0 Å². The molecule has 2 aromatic rings. The van der Waals surface area contributed by atoms with Crippen molar-refractivity contribution in [3.8, 4) is 0 Å². The lowest BCUT2D eigenvalue weighted by molar-refractivity contribution is -0.116. The van der Waals surface area contributed by atoms with Gasteiger partial charge in [-0.25, -0.2) is 0 Å². The minimum absolute atomic E-state index is 0.258. The molecule has 0 saturated carbocycles. The van der Waals surface area contributed by atoms with Gasteiger partial charge >= 0.3 is 0 Å². The Morgan fingerprint density at radius 2 is 2.00 bits per heavy atom. The second-order valence-electron chi connectivity index (χ2n) is 4.85. The largest absolute Gasteiger partial charge is 0.348 e. The number of hydrogen-bond donors (Lipinski definition) is 0. The number of nitrogens with zero attached hydrogens (tertiary/aromatic N) is 1. The van der Waals surface area contributed by atoms with Crippen molar-refractivity contribution in [3.63, 3.8) is 0 Å². The topological polar surface area (TPSA) is 22.0 Å². The normalized spacial score (nSPS) is 11.1. The first-order valence-corrected chi connectivity index (χ1v) is 6.04. The number of aryl methyl sites for hydroxylation is 3. The number of hydrogen-bond acceptors (Lipinski definition) is 1. The van der Waals surface area contributed by atoms with Gasteiger partial charge in [0.05, 0.1) is 0 Å². The number of benzene rings is 1. The van der Waals surface area contributed by atoms with E-state index in [9.17, 15) is 4.79 Å². The van der Waals surface area contributed by atoms with Crippen LogP contribution in [0.2, 0.25) is 0 Å². The summed E-state index contributed by atoms with van der Waals surface area (Å²) in [6.45, 7) is 5.90. The predicted molar refractivity (Wildman–Crippen MR) is 71.4 cm³/mol. The Labute approximate surface area is 102 Å². The number of fused-ring (bicyclic) bond motifs is 1. The number of Topliss-reactive ketones (excluding diaryl/α,β-unsaturated/α-hetero) is 1. The molecular formula is C15H19NO. The molecule has 0 spiro atoms. The first kappa shape index (κ1) is 11.9. The van der Waals surface area contributed by atoms with Crippen molar-refractivity contribution >= 4 is 16.7 Å². The maximum atomic E-state index is 11.1. The predicted octanol–water partition coefficient (Wildman–Crippen LogP) is 3.32. The molecule has 0 aliphatic carbocycles. The monoisotopic (exact) mass is 229 g/mol. The average molecular weight is 229 g/mol. The summed E-state index contributed by atoms with van der Waals surface area (Å²) in [5.74, 6) is 0.258. The highest BCUT2D eigenvalue weighted by molar-refractivity contribution is 5.87. The Balaban J connectivity index is 2.56. The van der Waals surface area contributed by atoms with E-state index in [1.54, 1.807) is 6.92 Å². The number of aromatic nitrogens is 1. The zero-order valence-electron chi connectivity index (χ0n) is 11.0. The van der Waals surface area contributed by atoms with Crippen LogP contribution in [0.5, 0.6) is 0 Å². The summed E-state index contributed by atoms with van der Waals surface area (Å²) >= 11 is 0. The van der Waals surface area contributed by atoms with Crippen molar-refractivity contribution in [3.05, 3.63) is 35.0 Å². The molecular weight excluding hydrogens is 210 g/mol. The van der Waals surface area contributed by atoms with Crippen molar-refractivity contribution in [1.29, 1.82) is 0 Å². The van der Waals surface area contributed by atoms with E-state index in [0.29, 0.717) is 6.42 Å². The minimum atomic E-state index is 0.258. The van der Waals surface area contributed by atoms with Crippen LogP contribution in [0.1, 0.15) is 30.2 Å². The second-order valence-corrected chi connectivity index (χ2v) is 4.85. The van der Waals surface area contributed by atoms with Crippen LogP contribution in [-0.4, -0.2) is 10.4 Å². The van der Waals surface area contributed by atoms with E-state index in [1.165, 1.54) is 27.7 Å².